The van der Waals surface area contributed by atoms with Crippen molar-refractivity contribution in [2.24, 2.45) is 0 Å². The molecule has 2 rings (SSSR count). The van der Waals surface area contributed by atoms with Crippen LogP contribution >= 0.6 is 11.6 Å². The molecule has 1 atom stereocenters. The topological polar surface area (TPSA) is 75.4 Å². The summed E-state index contributed by atoms with van der Waals surface area (Å²) in [6.45, 7) is 0.540. The first-order valence-corrected chi connectivity index (χ1v) is 6.92. The molecule has 7 heteroatoms. The molecule has 0 aliphatic heterocycles. The van der Waals surface area contributed by atoms with Crippen molar-refractivity contribution in [1.82, 2.24) is 5.32 Å². The predicted octanol–water partition coefficient (Wildman–Crippen LogP) is 3.21. The Morgan fingerprint density at radius 1 is 1.32 bits per heavy atom. The zero-order valence-corrected chi connectivity index (χ0v) is 12.3. The molecule has 2 aromatic rings. The standard InChI is InChI=1S/C15H14ClFN2O3/c16-13-5-4-11(7-14(13)17)15(20)9-18-8-10-2-1-3-12(6-10)19(21)22/h1-7,15,18,20H,8-9H2. The third-order valence-corrected chi connectivity index (χ3v) is 3.42. The van der Waals surface area contributed by atoms with Crippen LogP contribution in [0.4, 0.5) is 10.1 Å². The SMILES string of the molecule is O=[N+]([O-])c1cccc(CNCC(O)c2ccc(Cl)c(F)c2)c1. The van der Waals surface area contributed by atoms with Crippen LogP contribution in [0.25, 0.3) is 0 Å². The van der Waals surface area contributed by atoms with Gasteiger partial charge in [-0.3, -0.25) is 10.1 Å². The molecule has 2 N–H and O–H groups in total. The first-order valence-electron chi connectivity index (χ1n) is 6.54. The van der Waals surface area contributed by atoms with Crippen molar-refractivity contribution < 1.29 is 14.4 Å². The zero-order chi connectivity index (χ0) is 16.1. The van der Waals surface area contributed by atoms with Gasteiger partial charge in [0.1, 0.15) is 5.82 Å². The molecule has 0 aromatic heterocycles. The number of rotatable bonds is 6. The number of benzene rings is 2. The number of non-ortho nitro benzene ring substituents is 1. The fourth-order valence-electron chi connectivity index (χ4n) is 1.97. The predicted molar refractivity (Wildman–Crippen MR) is 81.2 cm³/mol. The van der Waals surface area contributed by atoms with Crippen LogP contribution in [0.1, 0.15) is 17.2 Å². The van der Waals surface area contributed by atoms with E-state index in [1.165, 1.54) is 24.3 Å². The normalized spacial score (nSPS) is 12.1. The Morgan fingerprint density at radius 2 is 2.09 bits per heavy atom. The van der Waals surface area contributed by atoms with Crippen LogP contribution in [0.2, 0.25) is 5.02 Å². The average Bonchev–Trinajstić information content (AvgIpc) is 2.50. The van der Waals surface area contributed by atoms with E-state index in [9.17, 15) is 19.6 Å². The fraction of sp³-hybridized carbons (Fsp3) is 0.200. The van der Waals surface area contributed by atoms with Crippen LogP contribution in [0.15, 0.2) is 42.5 Å². The van der Waals surface area contributed by atoms with Gasteiger partial charge >= 0.3 is 0 Å². The fourth-order valence-corrected chi connectivity index (χ4v) is 2.09. The Labute approximate surface area is 131 Å². The van der Waals surface area contributed by atoms with Gasteiger partial charge in [-0.2, -0.15) is 0 Å². The van der Waals surface area contributed by atoms with E-state index in [0.717, 1.165) is 5.56 Å². The lowest BCUT2D eigenvalue weighted by molar-refractivity contribution is -0.384. The van der Waals surface area contributed by atoms with Crippen molar-refractivity contribution in [3.8, 4) is 0 Å². The molecule has 0 saturated heterocycles. The maximum Gasteiger partial charge on any atom is 0.269 e. The van der Waals surface area contributed by atoms with Crippen molar-refractivity contribution in [1.29, 1.82) is 0 Å². The third-order valence-electron chi connectivity index (χ3n) is 3.12. The molecule has 0 heterocycles. The van der Waals surface area contributed by atoms with Crippen LogP contribution in [0.5, 0.6) is 0 Å². The first-order chi connectivity index (χ1) is 10.5. The maximum absolute atomic E-state index is 13.3. The van der Waals surface area contributed by atoms with Gasteiger partial charge in [0, 0.05) is 25.2 Å². The summed E-state index contributed by atoms with van der Waals surface area (Å²) in [5.74, 6) is -0.586. The summed E-state index contributed by atoms with van der Waals surface area (Å²) in [4.78, 5) is 10.2. The maximum atomic E-state index is 13.3. The smallest absolute Gasteiger partial charge is 0.269 e. The summed E-state index contributed by atoms with van der Waals surface area (Å²) in [5.41, 5.74) is 1.15. The number of nitro benzene ring substituents is 1. The number of halogens is 2. The van der Waals surface area contributed by atoms with Crippen LogP contribution in [-0.4, -0.2) is 16.6 Å². The van der Waals surface area contributed by atoms with Crippen LogP contribution in [0.3, 0.4) is 0 Å². The van der Waals surface area contributed by atoms with Crippen LogP contribution in [-0.2, 0) is 6.54 Å². The highest BCUT2D eigenvalue weighted by atomic mass is 35.5. The van der Waals surface area contributed by atoms with Gasteiger partial charge in [0.25, 0.3) is 5.69 Å². The number of aliphatic hydroxyl groups excluding tert-OH is 1. The van der Waals surface area contributed by atoms with Gasteiger partial charge in [0.2, 0.25) is 0 Å². The number of hydrogen-bond acceptors (Lipinski definition) is 4. The molecule has 116 valence electrons. The molecule has 0 radical (unpaired) electrons. The first kappa shape index (κ1) is 16.4. The Bertz CT molecular complexity index is 682. The van der Waals surface area contributed by atoms with Crippen molar-refractivity contribution in [2.45, 2.75) is 12.6 Å². The van der Waals surface area contributed by atoms with E-state index >= 15 is 0 Å². The Balaban J connectivity index is 1.91. The van der Waals surface area contributed by atoms with Crippen molar-refractivity contribution in [3.05, 3.63) is 74.5 Å². The summed E-state index contributed by atoms with van der Waals surface area (Å²) in [6.07, 6.45) is -0.898. The van der Waals surface area contributed by atoms with Crippen molar-refractivity contribution in [3.63, 3.8) is 0 Å². The molecule has 2 aromatic carbocycles. The third kappa shape index (κ3) is 4.24. The number of nitro groups is 1. The molecule has 0 fully saturated rings. The van der Waals surface area contributed by atoms with Gasteiger partial charge in [-0.15, -0.1) is 0 Å². The van der Waals surface area contributed by atoms with E-state index in [-0.39, 0.29) is 17.3 Å². The van der Waals surface area contributed by atoms with E-state index in [0.29, 0.717) is 12.1 Å². The summed E-state index contributed by atoms with van der Waals surface area (Å²) in [7, 11) is 0. The minimum Gasteiger partial charge on any atom is -0.387 e. The molecule has 0 saturated carbocycles. The van der Waals surface area contributed by atoms with Crippen molar-refractivity contribution >= 4 is 17.3 Å². The monoisotopic (exact) mass is 324 g/mol. The number of nitrogens with zero attached hydrogens (tertiary/aromatic N) is 1. The largest absolute Gasteiger partial charge is 0.387 e. The Hall–Kier alpha value is -2.02. The molecule has 0 amide bonds. The summed E-state index contributed by atoms with van der Waals surface area (Å²) in [6, 6.07) is 10.3. The zero-order valence-electron chi connectivity index (χ0n) is 11.5. The van der Waals surface area contributed by atoms with E-state index in [4.69, 9.17) is 11.6 Å². The van der Waals surface area contributed by atoms with Gasteiger partial charge in [0.05, 0.1) is 16.0 Å². The lowest BCUT2D eigenvalue weighted by Gasteiger charge is -2.12. The lowest BCUT2D eigenvalue weighted by atomic mass is 10.1. The average molecular weight is 325 g/mol. The van der Waals surface area contributed by atoms with Gasteiger partial charge < -0.3 is 10.4 Å². The molecular weight excluding hydrogens is 311 g/mol. The van der Waals surface area contributed by atoms with Gasteiger partial charge in [0.15, 0.2) is 0 Å². The number of aliphatic hydroxyl groups is 1. The number of hydrogen-bond donors (Lipinski definition) is 2. The van der Waals surface area contributed by atoms with Gasteiger partial charge in [-0.25, -0.2) is 4.39 Å². The van der Waals surface area contributed by atoms with Gasteiger partial charge in [-0.05, 0) is 23.3 Å². The van der Waals surface area contributed by atoms with Crippen molar-refractivity contribution in [2.75, 3.05) is 6.54 Å². The molecular formula is C15H14ClFN2O3. The van der Waals surface area contributed by atoms with E-state index < -0.39 is 16.8 Å². The van der Waals surface area contributed by atoms with E-state index in [1.54, 1.807) is 18.2 Å². The molecule has 1 unspecified atom stereocenters. The summed E-state index contributed by atoms with van der Waals surface area (Å²) < 4.78 is 13.3. The lowest BCUT2D eigenvalue weighted by Crippen LogP contribution is -2.21. The minimum atomic E-state index is -0.898. The van der Waals surface area contributed by atoms with Crippen LogP contribution < -0.4 is 5.32 Å². The highest BCUT2D eigenvalue weighted by Gasteiger charge is 2.10. The second-order valence-corrected chi connectivity index (χ2v) is 5.15. The summed E-state index contributed by atoms with van der Waals surface area (Å²) >= 11 is 5.58. The van der Waals surface area contributed by atoms with Crippen LogP contribution in [0, 0.1) is 15.9 Å². The highest BCUT2D eigenvalue weighted by Crippen LogP contribution is 2.20. The molecule has 0 spiro atoms. The molecule has 0 aliphatic rings. The second kappa shape index (κ2) is 7.31. The molecule has 0 aliphatic carbocycles. The molecule has 0 bridgehead atoms. The van der Waals surface area contributed by atoms with Gasteiger partial charge in [-0.1, -0.05) is 29.8 Å². The Morgan fingerprint density at radius 3 is 2.77 bits per heavy atom. The number of nitrogens with one attached hydrogen (secondary N) is 1. The highest BCUT2D eigenvalue weighted by molar-refractivity contribution is 6.30. The van der Waals surface area contributed by atoms with E-state index in [1.807, 2.05) is 0 Å². The second-order valence-electron chi connectivity index (χ2n) is 4.75. The Kier molecular flexibility index (Phi) is 5.43. The quantitative estimate of drug-likeness (QED) is 0.632. The molecule has 22 heavy (non-hydrogen) atoms. The minimum absolute atomic E-state index is 0.000467. The summed E-state index contributed by atoms with van der Waals surface area (Å²) in [5, 5.41) is 23.6. The molecule has 5 nitrogen and oxygen atoms in total. The van der Waals surface area contributed by atoms with E-state index in [2.05, 4.69) is 5.32 Å².